The number of carbonyl (C=O) groups is 2. The number of fused-ring (bicyclic) bond motifs is 1. The first-order valence-corrected chi connectivity index (χ1v) is 6.21. The van der Waals surface area contributed by atoms with E-state index in [2.05, 4.69) is 10.7 Å². The van der Waals surface area contributed by atoms with E-state index < -0.39 is 6.17 Å². The minimum absolute atomic E-state index is 0. The minimum atomic E-state index is -0.418. The fourth-order valence-corrected chi connectivity index (χ4v) is 2.06. The molecule has 1 N–H and O–H groups in total. The molecule has 0 aliphatic carbocycles. The summed E-state index contributed by atoms with van der Waals surface area (Å²) in [6, 6.07) is 7.17. The average molecular weight is 267 g/mol. The Hall–Kier alpha value is -1.44. The smallest absolute Gasteiger partial charge is 0.662 e. The molecule has 0 bridgehead atoms. The van der Waals surface area contributed by atoms with Crippen molar-refractivity contribution in [1.82, 2.24) is 10.4 Å². The van der Waals surface area contributed by atoms with Crippen LogP contribution in [0.25, 0.3) is 5.32 Å². The van der Waals surface area contributed by atoms with E-state index in [9.17, 15) is 9.59 Å². The maximum absolute atomic E-state index is 12.5. The Morgan fingerprint density at radius 1 is 1.30 bits per heavy atom. The fraction of sp³-hybridized carbons (Fsp3) is 0.429. The molecule has 6 heteroatoms. The third kappa shape index (κ3) is 3.17. The van der Waals surface area contributed by atoms with Crippen molar-refractivity contribution in [2.24, 2.45) is 5.41 Å². The van der Waals surface area contributed by atoms with E-state index in [1.54, 1.807) is 12.1 Å². The van der Waals surface area contributed by atoms with Crippen molar-refractivity contribution >= 4 is 17.5 Å². The summed E-state index contributed by atoms with van der Waals surface area (Å²) in [5.74, 6) is -0.502. The molecule has 1 aromatic carbocycles. The number of nitrogens with zero attached hydrogens (tertiary/aromatic N) is 2. The predicted octanol–water partition coefficient (Wildman–Crippen LogP) is -0.425. The molecule has 0 spiro atoms. The van der Waals surface area contributed by atoms with Gasteiger partial charge in [-0.3, -0.25) is 20.0 Å². The third-order valence-corrected chi connectivity index (χ3v) is 2.91. The van der Waals surface area contributed by atoms with Crippen LogP contribution < -0.4 is 24.3 Å². The molecule has 0 saturated heterocycles. The van der Waals surface area contributed by atoms with Gasteiger partial charge in [0.1, 0.15) is 0 Å². The van der Waals surface area contributed by atoms with Gasteiger partial charge in [-0.15, -0.1) is 5.69 Å². The molecular weight excluding hydrogens is 249 g/mol. The van der Waals surface area contributed by atoms with Gasteiger partial charge >= 0.3 is 18.9 Å². The Morgan fingerprint density at radius 2 is 1.90 bits per heavy atom. The minimum Gasteiger partial charge on any atom is -0.662 e. The second-order valence-corrected chi connectivity index (χ2v) is 5.73. The van der Waals surface area contributed by atoms with Gasteiger partial charge < -0.3 is 5.32 Å². The molecule has 2 rings (SSSR count). The number of rotatable bonds is 1. The zero-order valence-corrected chi connectivity index (χ0v) is 12.6. The number of hydrazine groups is 1. The Morgan fingerprint density at radius 3 is 2.45 bits per heavy atom. The quantitative estimate of drug-likeness (QED) is 0.702. The number of amides is 2. The summed E-state index contributed by atoms with van der Waals surface area (Å²) in [5.41, 5.74) is 3.49. The van der Waals surface area contributed by atoms with Crippen LogP contribution in [0.4, 0.5) is 5.69 Å². The average Bonchev–Trinajstić information content (AvgIpc) is 2.31. The van der Waals surface area contributed by atoms with Crippen molar-refractivity contribution in [3.05, 3.63) is 35.1 Å². The van der Waals surface area contributed by atoms with Gasteiger partial charge in [0.2, 0.25) is 5.91 Å². The Balaban J connectivity index is 0.00000200. The SMILES string of the molecule is CC(=O)NN1C(=O)c2ccccc2[N-]C1C(C)(C)C.[Li+]. The molecule has 0 fully saturated rings. The van der Waals surface area contributed by atoms with Crippen molar-refractivity contribution < 1.29 is 28.4 Å². The van der Waals surface area contributed by atoms with Crippen molar-refractivity contribution in [3.8, 4) is 0 Å². The van der Waals surface area contributed by atoms with Crippen LogP contribution in [-0.2, 0) is 4.79 Å². The summed E-state index contributed by atoms with van der Waals surface area (Å²) >= 11 is 0. The number of hydrogen-bond donors (Lipinski definition) is 1. The predicted molar refractivity (Wildman–Crippen MR) is 72.7 cm³/mol. The van der Waals surface area contributed by atoms with Gasteiger partial charge in [0.25, 0.3) is 5.91 Å². The molecule has 1 aliphatic rings. The number of carbonyl (C=O) groups excluding carboxylic acids is 2. The molecule has 0 radical (unpaired) electrons. The van der Waals surface area contributed by atoms with Crippen LogP contribution in [0.2, 0.25) is 0 Å². The van der Waals surface area contributed by atoms with Crippen LogP contribution >= 0.6 is 0 Å². The van der Waals surface area contributed by atoms with Gasteiger partial charge in [-0.2, -0.15) is 0 Å². The Bertz CT molecular complexity index is 525. The molecule has 1 atom stereocenters. The topological polar surface area (TPSA) is 63.5 Å². The summed E-state index contributed by atoms with van der Waals surface area (Å²) in [4.78, 5) is 23.8. The van der Waals surface area contributed by atoms with E-state index in [1.165, 1.54) is 11.9 Å². The molecule has 20 heavy (non-hydrogen) atoms. The van der Waals surface area contributed by atoms with Crippen LogP contribution in [0.3, 0.4) is 0 Å². The molecule has 2 amide bonds. The molecule has 1 unspecified atom stereocenters. The standard InChI is InChI=1S/C14H19N3O2.Li/c1-9(18)16-17-12(19)10-7-5-6-8-11(10)15-13(17)14(2,3)4;/h5-8,13H,1-4H3,(H2,15,16,18,19);/q;+1/p-1. The Kier molecular flexibility index (Phi) is 4.90. The van der Waals surface area contributed by atoms with E-state index in [0.717, 1.165) is 0 Å². The molecule has 102 valence electrons. The van der Waals surface area contributed by atoms with Crippen LogP contribution in [-0.4, -0.2) is 23.0 Å². The molecule has 5 nitrogen and oxygen atoms in total. The normalized spacial score (nSPS) is 17.7. The number of nitrogens with one attached hydrogen (secondary N) is 1. The summed E-state index contributed by atoms with van der Waals surface area (Å²) < 4.78 is 0. The molecule has 1 aromatic rings. The van der Waals surface area contributed by atoms with E-state index in [4.69, 9.17) is 0 Å². The van der Waals surface area contributed by atoms with Crippen molar-refractivity contribution in [2.75, 3.05) is 0 Å². The largest absolute Gasteiger partial charge is 1.00 e. The molecule has 1 heterocycles. The molecule has 0 aromatic heterocycles. The van der Waals surface area contributed by atoms with Gasteiger partial charge in [-0.25, -0.2) is 0 Å². The van der Waals surface area contributed by atoms with Crippen LogP contribution in [0.15, 0.2) is 24.3 Å². The van der Waals surface area contributed by atoms with Crippen molar-refractivity contribution in [1.29, 1.82) is 0 Å². The Labute approximate surface area is 131 Å². The molecular formula is C14H18LiN3O2. The van der Waals surface area contributed by atoms with Crippen LogP contribution in [0.5, 0.6) is 0 Å². The van der Waals surface area contributed by atoms with E-state index >= 15 is 0 Å². The zero-order chi connectivity index (χ0) is 14.2. The monoisotopic (exact) mass is 267 g/mol. The van der Waals surface area contributed by atoms with Gasteiger partial charge in [0.05, 0.1) is 0 Å². The maximum Gasteiger partial charge on any atom is 1.00 e. The second-order valence-electron chi connectivity index (χ2n) is 5.73. The second kappa shape index (κ2) is 5.90. The maximum atomic E-state index is 12.5. The molecule has 0 saturated carbocycles. The van der Waals surface area contributed by atoms with Crippen molar-refractivity contribution in [3.63, 3.8) is 0 Å². The first kappa shape index (κ1) is 16.6. The van der Waals surface area contributed by atoms with E-state index in [1.807, 2.05) is 32.9 Å². The van der Waals surface area contributed by atoms with Gasteiger partial charge in [-0.1, -0.05) is 45.0 Å². The zero-order valence-electron chi connectivity index (χ0n) is 12.6. The van der Waals surface area contributed by atoms with Gasteiger partial charge in [0, 0.05) is 12.5 Å². The summed E-state index contributed by atoms with van der Waals surface area (Å²) in [7, 11) is 0. The van der Waals surface area contributed by atoms with Crippen LogP contribution in [0, 0.1) is 5.41 Å². The van der Waals surface area contributed by atoms with E-state index in [0.29, 0.717) is 11.3 Å². The van der Waals surface area contributed by atoms with Crippen molar-refractivity contribution in [2.45, 2.75) is 33.9 Å². The first-order chi connectivity index (χ1) is 8.80. The summed E-state index contributed by atoms with van der Waals surface area (Å²) in [5, 5.41) is 5.92. The third-order valence-electron chi connectivity index (χ3n) is 2.91. The van der Waals surface area contributed by atoms with Crippen LogP contribution in [0.1, 0.15) is 38.1 Å². The van der Waals surface area contributed by atoms with Gasteiger partial charge in [-0.05, 0) is 11.6 Å². The summed E-state index contributed by atoms with van der Waals surface area (Å²) in [6.45, 7) is 7.33. The van der Waals surface area contributed by atoms with Gasteiger partial charge in [0.15, 0.2) is 0 Å². The first-order valence-electron chi connectivity index (χ1n) is 6.21. The number of para-hydroxylation sites is 1. The fourth-order valence-electron chi connectivity index (χ4n) is 2.06. The van der Waals surface area contributed by atoms with E-state index in [-0.39, 0.29) is 36.1 Å². The molecule has 1 aliphatic heterocycles. The summed E-state index contributed by atoms with van der Waals surface area (Å²) in [6.07, 6.45) is -0.418. The number of benzene rings is 1. The number of hydrogen-bond acceptors (Lipinski definition) is 2.